The lowest BCUT2D eigenvalue weighted by Crippen LogP contribution is -2.21. The molecule has 0 aromatic heterocycles. The number of Topliss-reactive ketones (excluding diaryl/α,β-unsaturated/α-hetero) is 1. The van der Waals surface area contributed by atoms with Crippen molar-refractivity contribution in [3.05, 3.63) is 143 Å². The highest BCUT2D eigenvalue weighted by Crippen LogP contribution is 2.25. The van der Waals surface area contributed by atoms with Gasteiger partial charge in [-0.05, 0) is 13.0 Å². The van der Waals surface area contributed by atoms with Crippen LogP contribution in [-0.4, -0.2) is 17.5 Å². The fourth-order valence-electron chi connectivity index (χ4n) is 3.54. The van der Waals surface area contributed by atoms with E-state index in [4.69, 9.17) is 4.74 Å². The van der Waals surface area contributed by atoms with Crippen LogP contribution in [0.15, 0.2) is 109 Å². The molecular weight excluding hydrogens is 412 g/mol. The van der Waals surface area contributed by atoms with Crippen molar-refractivity contribution in [2.75, 3.05) is 0 Å². The number of ether oxygens (including phenoxy) is 1. The van der Waals surface area contributed by atoms with Crippen LogP contribution in [0.3, 0.4) is 0 Å². The summed E-state index contributed by atoms with van der Waals surface area (Å²) in [5.41, 5.74) is 2.84. The second kappa shape index (κ2) is 9.88. The quantitative estimate of drug-likeness (QED) is 0.264. The Morgan fingerprint density at radius 2 is 1.15 bits per heavy atom. The van der Waals surface area contributed by atoms with Crippen LogP contribution < -0.4 is 0 Å². The first-order chi connectivity index (χ1) is 16.0. The van der Waals surface area contributed by atoms with E-state index in [0.29, 0.717) is 16.7 Å². The maximum Gasteiger partial charge on any atom is 0.339 e. The molecule has 4 aromatic carbocycles. The zero-order valence-corrected chi connectivity index (χ0v) is 18.1. The van der Waals surface area contributed by atoms with E-state index in [-0.39, 0.29) is 22.7 Å². The molecule has 0 amide bonds. The van der Waals surface area contributed by atoms with Gasteiger partial charge in [0.15, 0.2) is 11.9 Å². The summed E-state index contributed by atoms with van der Waals surface area (Å²) in [5, 5.41) is 0. The van der Waals surface area contributed by atoms with Crippen LogP contribution in [0.1, 0.15) is 53.9 Å². The van der Waals surface area contributed by atoms with Crippen LogP contribution in [-0.2, 0) is 4.74 Å². The molecule has 4 nitrogen and oxygen atoms in total. The molecule has 0 saturated heterocycles. The topological polar surface area (TPSA) is 60.4 Å². The molecule has 0 fully saturated rings. The Balaban J connectivity index is 1.67. The van der Waals surface area contributed by atoms with Crippen molar-refractivity contribution in [2.24, 2.45) is 0 Å². The molecule has 4 rings (SSSR count). The summed E-state index contributed by atoms with van der Waals surface area (Å²) in [6, 6.07) is 31.2. The number of benzene rings is 4. The van der Waals surface area contributed by atoms with Gasteiger partial charge < -0.3 is 4.74 Å². The van der Waals surface area contributed by atoms with E-state index in [1.54, 1.807) is 84.9 Å². The van der Waals surface area contributed by atoms with Gasteiger partial charge in [-0.2, -0.15) is 0 Å². The average molecular weight is 434 g/mol. The van der Waals surface area contributed by atoms with Crippen molar-refractivity contribution < 1.29 is 19.1 Å². The third-order valence-corrected chi connectivity index (χ3v) is 5.33. The average Bonchev–Trinajstić information content (AvgIpc) is 2.88. The fourth-order valence-corrected chi connectivity index (χ4v) is 3.54. The molecular formula is C29H22O4. The summed E-state index contributed by atoms with van der Waals surface area (Å²) in [5.74, 6) is -1.35. The van der Waals surface area contributed by atoms with Gasteiger partial charge in [-0.15, -0.1) is 0 Å². The molecule has 0 aliphatic rings. The van der Waals surface area contributed by atoms with E-state index in [2.05, 4.69) is 0 Å². The van der Waals surface area contributed by atoms with Gasteiger partial charge in [0, 0.05) is 22.3 Å². The molecule has 0 N–H and O–H groups in total. The maximum absolute atomic E-state index is 13.2. The highest BCUT2D eigenvalue weighted by atomic mass is 16.5. The van der Waals surface area contributed by atoms with E-state index in [0.717, 1.165) is 5.56 Å². The molecule has 0 bridgehead atoms. The zero-order valence-electron chi connectivity index (χ0n) is 18.1. The Morgan fingerprint density at radius 1 is 0.606 bits per heavy atom. The Bertz CT molecular complexity index is 1280. The van der Waals surface area contributed by atoms with Crippen LogP contribution >= 0.6 is 0 Å². The number of carbonyl (C=O) groups is 3. The Morgan fingerprint density at radius 3 is 1.79 bits per heavy atom. The van der Waals surface area contributed by atoms with E-state index >= 15 is 0 Å². The van der Waals surface area contributed by atoms with Gasteiger partial charge in [0.25, 0.3) is 0 Å². The summed E-state index contributed by atoms with van der Waals surface area (Å²) in [6.45, 7) is 1.94. The van der Waals surface area contributed by atoms with Gasteiger partial charge >= 0.3 is 5.97 Å². The molecule has 1 atom stereocenters. The molecule has 0 saturated carbocycles. The molecule has 0 spiro atoms. The SMILES string of the molecule is Cc1ccc(C(=O)c2ccccc2C(=O)OC(C(=O)c2ccccc2)c2ccccc2)cc1. The molecule has 0 aliphatic carbocycles. The van der Waals surface area contributed by atoms with E-state index in [1.165, 1.54) is 0 Å². The van der Waals surface area contributed by atoms with E-state index < -0.39 is 12.1 Å². The second-order valence-corrected chi connectivity index (χ2v) is 7.67. The number of rotatable bonds is 7. The third kappa shape index (κ3) is 4.96. The standard InChI is InChI=1S/C29H22O4/c1-20-16-18-22(19-17-20)26(30)24-14-8-9-15-25(24)29(32)33-28(23-12-6-3-7-13-23)27(31)21-10-4-2-5-11-21/h2-19,28H,1H3. The molecule has 0 radical (unpaired) electrons. The van der Waals surface area contributed by atoms with E-state index in [9.17, 15) is 14.4 Å². The normalized spacial score (nSPS) is 11.4. The molecule has 4 heteroatoms. The van der Waals surface area contributed by atoms with Crippen LogP contribution in [0.2, 0.25) is 0 Å². The first-order valence-corrected chi connectivity index (χ1v) is 10.6. The van der Waals surface area contributed by atoms with Crippen molar-refractivity contribution in [2.45, 2.75) is 13.0 Å². The first kappa shape index (κ1) is 21.9. The fraction of sp³-hybridized carbons (Fsp3) is 0.0690. The smallest absolute Gasteiger partial charge is 0.339 e. The maximum atomic E-state index is 13.2. The van der Waals surface area contributed by atoms with Crippen molar-refractivity contribution in [3.63, 3.8) is 0 Å². The van der Waals surface area contributed by atoms with Crippen molar-refractivity contribution >= 4 is 17.5 Å². The molecule has 162 valence electrons. The summed E-state index contributed by atoms with van der Waals surface area (Å²) in [4.78, 5) is 39.6. The zero-order chi connectivity index (χ0) is 23.2. The van der Waals surface area contributed by atoms with Gasteiger partial charge in [0.2, 0.25) is 5.78 Å². The van der Waals surface area contributed by atoms with Gasteiger partial charge in [0.05, 0.1) is 5.56 Å². The lowest BCUT2D eigenvalue weighted by atomic mass is 9.97. The Kier molecular flexibility index (Phi) is 6.56. The third-order valence-electron chi connectivity index (χ3n) is 5.33. The van der Waals surface area contributed by atoms with Crippen LogP contribution in [0.5, 0.6) is 0 Å². The van der Waals surface area contributed by atoms with Crippen molar-refractivity contribution in [1.82, 2.24) is 0 Å². The number of carbonyl (C=O) groups excluding carboxylic acids is 3. The van der Waals surface area contributed by atoms with Crippen molar-refractivity contribution in [3.8, 4) is 0 Å². The number of ketones is 2. The number of hydrogen-bond donors (Lipinski definition) is 0. The van der Waals surface area contributed by atoms with Crippen molar-refractivity contribution in [1.29, 1.82) is 0 Å². The highest BCUT2D eigenvalue weighted by molar-refractivity contribution is 6.14. The summed E-state index contributed by atoms with van der Waals surface area (Å²) < 4.78 is 5.74. The predicted molar refractivity (Wildman–Crippen MR) is 126 cm³/mol. The van der Waals surface area contributed by atoms with Crippen LogP contribution in [0.25, 0.3) is 0 Å². The summed E-state index contributed by atoms with van der Waals surface area (Å²) >= 11 is 0. The number of hydrogen-bond acceptors (Lipinski definition) is 4. The van der Waals surface area contributed by atoms with Gasteiger partial charge in [-0.3, -0.25) is 9.59 Å². The largest absolute Gasteiger partial charge is 0.445 e. The van der Waals surface area contributed by atoms with Gasteiger partial charge in [-0.25, -0.2) is 4.79 Å². The van der Waals surface area contributed by atoms with E-state index in [1.807, 2.05) is 31.2 Å². The molecule has 4 aromatic rings. The minimum atomic E-state index is -1.14. The highest BCUT2D eigenvalue weighted by Gasteiger charge is 2.28. The molecule has 33 heavy (non-hydrogen) atoms. The molecule has 1 unspecified atom stereocenters. The number of aryl methyl sites for hydroxylation is 1. The summed E-state index contributed by atoms with van der Waals surface area (Å²) in [7, 11) is 0. The Hall–Kier alpha value is -4.31. The molecule has 0 heterocycles. The minimum absolute atomic E-state index is 0.116. The molecule has 0 aliphatic heterocycles. The lowest BCUT2D eigenvalue weighted by molar-refractivity contribution is 0.0278. The van der Waals surface area contributed by atoms with Crippen LogP contribution in [0, 0.1) is 6.92 Å². The second-order valence-electron chi connectivity index (χ2n) is 7.67. The lowest BCUT2D eigenvalue weighted by Gasteiger charge is -2.18. The number of esters is 1. The predicted octanol–water partition coefficient (Wildman–Crippen LogP) is 6.01. The van der Waals surface area contributed by atoms with Gasteiger partial charge in [0.1, 0.15) is 0 Å². The van der Waals surface area contributed by atoms with Crippen LogP contribution in [0.4, 0.5) is 0 Å². The summed E-state index contributed by atoms with van der Waals surface area (Å²) in [6.07, 6.45) is -1.14. The first-order valence-electron chi connectivity index (χ1n) is 10.6. The van der Waals surface area contributed by atoms with Gasteiger partial charge in [-0.1, -0.05) is 109 Å². The monoisotopic (exact) mass is 434 g/mol. The minimum Gasteiger partial charge on any atom is -0.445 e. The Labute approximate surface area is 192 Å².